The van der Waals surface area contributed by atoms with Gasteiger partial charge in [-0.1, -0.05) is 36.4 Å². The van der Waals surface area contributed by atoms with Gasteiger partial charge in [0.05, 0.1) is 6.54 Å². The van der Waals surface area contributed by atoms with Crippen LogP contribution in [0.5, 0.6) is 0 Å². The lowest BCUT2D eigenvalue weighted by molar-refractivity contribution is 0.101. The van der Waals surface area contributed by atoms with Crippen LogP contribution in [0.25, 0.3) is 0 Å². The molecule has 0 saturated heterocycles. The van der Waals surface area contributed by atoms with Crippen LogP contribution >= 0.6 is 0 Å². The summed E-state index contributed by atoms with van der Waals surface area (Å²) in [5.41, 5.74) is 3.83. The first-order valence-corrected chi connectivity index (χ1v) is 7.75. The van der Waals surface area contributed by atoms with Gasteiger partial charge in [-0.05, 0) is 42.7 Å². The zero-order valence-electron chi connectivity index (χ0n) is 13.7. The molecule has 0 fully saturated rings. The van der Waals surface area contributed by atoms with Gasteiger partial charge in [0.15, 0.2) is 0 Å². The minimum Gasteiger partial charge on any atom is -0.321 e. The Morgan fingerprint density at radius 3 is 2.42 bits per heavy atom. The molecule has 2 N–H and O–H groups in total. The number of hydrogen-bond acceptors (Lipinski definition) is 2. The fourth-order valence-corrected chi connectivity index (χ4v) is 2.75. The highest BCUT2D eigenvalue weighted by molar-refractivity contribution is 6.03. The first-order valence-electron chi connectivity index (χ1n) is 7.75. The zero-order chi connectivity index (χ0) is 17.1. The molecule has 1 amide bonds. The quantitative estimate of drug-likeness (QED) is 0.775. The second-order valence-corrected chi connectivity index (χ2v) is 5.88. The average molecular weight is 321 g/mol. The number of nitrogens with one attached hydrogen (secondary N) is 2. The Bertz CT molecular complexity index is 903. The summed E-state index contributed by atoms with van der Waals surface area (Å²) in [6.45, 7) is 4.30. The van der Waals surface area contributed by atoms with Crippen LogP contribution in [0.1, 0.15) is 27.2 Å². The molecule has 0 spiro atoms. The number of hydrogen-bond donors (Lipinski definition) is 2. The molecule has 24 heavy (non-hydrogen) atoms. The second-order valence-electron chi connectivity index (χ2n) is 5.88. The van der Waals surface area contributed by atoms with Gasteiger partial charge < -0.3 is 10.3 Å². The zero-order valence-corrected chi connectivity index (χ0v) is 13.7. The molecule has 0 unspecified atom stereocenters. The van der Waals surface area contributed by atoms with Crippen molar-refractivity contribution in [2.75, 3.05) is 5.32 Å². The van der Waals surface area contributed by atoms with Crippen LogP contribution in [0, 0.1) is 13.8 Å². The van der Waals surface area contributed by atoms with Crippen molar-refractivity contribution in [3.05, 3.63) is 87.6 Å². The van der Waals surface area contributed by atoms with Crippen LogP contribution in [-0.2, 0) is 6.54 Å². The fraction of sp³-hybridized carbons (Fsp3) is 0.158. The van der Waals surface area contributed by atoms with E-state index in [1.165, 1.54) is 10.8 Å². The van der Waals surface area contributed by atoms with Gasteiger partial charge >= 0.3 is 5.69 Å². The number of amides is 1. The second kappa shape index (κ2) is 6.58. The standard InChI is InChI=1S/C19H19N3O2/c1-13-8-14(2)10-16(9-13)21-18(23)17-11-20-19(24)22(17)12-15-6-4-3-5-7-15/h3-11H,12H2,1-2H3,(H,20,24)(H,21,23). The number of nitrogens with zero attached hydrogens (tertiary/aromatic N) is 1. The molecule has 0 aliphatic carbocycles. The van der Waals surface area contributed by atoms with Crippen molar-refractivity contribution < 1.29 is 4.79 Å². The number of carbonyl (C=O) groups excluding carboxylic acids is 1. The minimum absolute atomic E-state index is 0.301. The van der Waals surface area contributed by atoms with Gasteiger partial charge in [0.25, 0.3) is 5.91 Å². The summed E-state index contributed by atoms with van der Waals surface area (Å²) in [5, 5.41) is 2.86. The molecule has 1 heterocycles. The summed E-state index contributed by atoms with van der Waals surface area (Å²) in [6, 6.07) is 15.4. The van der Waals surface area contributed by atoms with Gasteiger partial charge in [-0.3, -0.25) is 9.36 Å². The summed E-state index contributed by atoms with van der Waals surface area (Å²) < 4.78 is 1.44. The van der Waals surface area contributed by atoms with E-state index < -0.39 is 0 Å². The third-order valence-corrected chi connectivity index (χ3v) is 3.76. The molecule has 5 nitrogen and oxygen atoms in total. The predicted molar refractivity (Wildman–Crippen MR) is 94.5 cm³/mol. The molecule has 0 aliphatic heterocycles. The summed E-state index contributed by atoms with van der Waals surface area (Å²) in [6.07, 6.45) is 1.45. The van der Waals surface area contributed by atoms with Crippen molar-refractivity contribution in [3.63, 3.8) is 0 Å². The Balaban J connectivity index is 1.87. The van der Waals surface area contributed by atoms with Crippen LogP contribution in [0.3, 0.4) is 0 Å². The van der Waals surface area contributed by atoms with Gasteiger partial charge in [0, 0.05) is 11.9 Å². The Hall–Kier alpha value is -3.08. The first-order chi connectivity index (χ1) is 11.5. The van der Waals surface area contributed by atoms with Gasteiger partial charge in [-0.25, -0.2) is 4.79 Å². The number of carbonyl (C=O) groups is 1. The minimum atomic E-state index is -0.311. The van der Waals surface area contributed by atoms with E-state index in [9.17, 15) is 9.59 Å². The van der Waals surface area contributed by atoms with Gasteiger partial charge in [-0.15, -0.1) is 0 Å². The molecule has 3 rings (SSSR count). The van der Waals surface area contributed by atoms with Gasteiger partial charge in [0.1, 0.15) is 5.69 Å². The maximum absolute atomic E-state index is 12.6. The Kier molecular flexibility index (Phi) is 4.33. The first kappa shape index (κ1) is 15.8. The molecule has 0 atom stereocenters. The normalized spacial score (nSPS) is 10.6. The molecule has 5 heteroatoms. The molecular formula is C19H19N3O2. The molecule has 0 radical (unpaired) electrons. The van der Waals surface area contributed by atoms with E-state index in [4.69, 9.17) is 0 Å². The van der Waals surface area contributed by atoms with E-state index in [2.05, 4.69) is 10.3 Å². The smallest absolute Gasteiger partial charge is 0.321 e. The number of imidazole rings is 1. The summed E-state index contributed by atoms with van der Waals surface area (Å²) in [7, 11) is 0. The number of rotatable bonds is 4. The maximum Gasteiger partial charge on any atom is 0.326 e. The lowest BCUT2D eigenvalue weighted by Gasteiger charge is -2.10. The predicted octanol–water partition coefficient (Wildman–Crippen LogP) is 3.09. The molecule has 2 aromatic carbocycles. The van der Waals surface area contributed by atoms with Crippen molar-refractivity contribution in [2.24, 2.45) is 0 Å². The Morgan fingerprint density at radius 2 is 1.75 bits per heavy atom. The number of aryl methyl sites for hydroxylation is 2. The third kappa shape index (κ3) is 3.46. The number of benzene rings is 2. The summed E-state index contributed by atoms with van der Waals surface area (Å²) in [4.78, 5) is 27.2. The van der Waals surface area contributed by atoms with E-state index in [1.54, 1.807) is 0 Å². The molecule has 3 aromatic rings. The number of H-pyrrole nitrogens is 1. The van der Waals surface area contributed by atoms with Crippen molar-refractivity contribution in [3.8, 4) is 0 Å². The van der Waals surface area contributed by atoms with Crippen molar-refractivity contribution in [2.45, 2.75) is 20.4 Å². The maximum atomic E-state index is 12.6. The Labute approximate surface area is 140 Å². The van der Waals surface area contributed by atoms with Gasteiger partial charge in [-0.2, -0.15) is 0 Å². The van der Waals surface area contributed by atoms with Crippen LogP contribution in [-0.4, -0.2) is 15.5 Å². The molecular weight excluding hydrogens is 302 g/mol. The lowest BCUT2D eigenvalue weighted by atomic mass is 10.1. The van der Waals surface area contributed by atoms with Crippen LogP contribution in [0.4, 0.5) is 5.69 Å². The number of aromatic nitrogens is 2. The van der Waals surface area contributed by atoms with Crippen LogP contribution in [0.15, 0.2) is 59.5 Å². The van der Waals surface area contributed by atoms with E-state index in [1.807, 2.05) is 62.4 Å². The molecule has 1 aromatic heterocycles. The molecule has 0 bridgehead atoms. The Morgan fingerprint density at radius 1 is 1.08 bits per heavy atom. The number of anilines is 1. The average Bonchev–Trinajstić information content (AvgIpc) is 2.88. The van der Waals surface area contributed by atoms with E-state index >= 15 is 0 Å². The fourth-order valence-electron chi connectivity index (χ4n) is 2.75. The lowest BCUT2D eigenvalue weighted by Crippen LogP contribution is -2.24. The van der Waals surface area contributed by atoms with E-state index in [-0.39, 0.29) is 11.6 Å². The summed E-state index contributed by atoms with van der Waals surface area (Å²) in [5.74, 6) is -0.311. The topological polar surface area (TPSA) is 66.9 Å². The van der Waals surface area contributed by atoms with E-state index in [0.29, 0.717) is 12.2 Å². The summed E-state index contributed by atoms with van der Waals surface area (Å²) >= 11 is 0. The highest BCUT2D eigenvalue weighted by atomic mass is 16.2. The van der Waals surface area contributed by atoms with Crippen molar-refractivity contribution >= 4 is 11.6 Å². The number of aromatic amines is 1. The van der Waals surface area contributed by atoms with Gasteiger partial charge in [0.2, 0.25) is 0 Å². The highest BCUT2D eigenvalue weighted by Crippen LogP contribution is 2.15. The highest BCUT2D eigenvalue weighted by Gasteiger charge is 2.15. The molecule has 122 valence electrons. The third-order valence-electron chi connectivity index (χ3n) is 3.76. The van der Waals surface area contributed by atoms with Crippen LogP contribution < -0.4 is 11.0 Å². The SMILES string of the molecule is Cc1cc(C)cc(NC(=O)c2c[nH]c(=O)n2Cc2ccccc2)c1. The van der Waals surface area contributed by atoms with E-state index in [0.717, 1.165) is 22.4 Å². The molecule has 0 saturated carbocycles. The van der Waals surface area contributed by atoms with Crippen molar-refractivity contribution in [1.29, 1.82) is 0 Å². The monoisotopic (exact) mass is 321 g/mol. The van der Waals surface area contributed by atoms with Crippen LogP contribution in [0.2, 0.25) is 0 Å². The molecule has 0 aliphatic rings. The van der Waals surface area contributed by atoms with Crippen molar-refractivity contribution in [1.82, 2.24) is 9.55 Å². The largest absolute Gasteiger partial charge is 0.326 e.